The van der Waals surface area contributed by atoms with Crippen molar-refractivity contribution >= 4 is 5.69 Å². The zero-order chi connectivity index (χ0) is 13.7. The first-order valence-corrected chi connectivity index (χ1v) is 7.78. The summed E-state index contributed by atoms with van der Waals surface area (Å²) in [4.78, 5) is 2.55. The van der Waals surface area contributed by atoms with Crippen LogP contribution >= 0.6 is 0 Å². The molecule has 2 N–H and O–H groups in total. The zero-order valence-corrected chi connectivity index (χ0v) is 12.4. The van der Waals surface area contributed by atoms with Gasteiger partial charge in [-0.15, -0.1) is 0 Å². The van der Waals surface area contributed by atoms with Gasteiger partial charge in [0.15, 0.2) is 0 Å². The maximum atomic E-state index is 5.85. The van der Waals surface area contributed by atoms with Crippen LogP contribution in [0.1, 0.15) is 45.1 Å². The van der Waals surface area contributed by atoms with Crippen LogP contribution in [0.4, 0.5) is 5.69 Å². The van der Waals surface area contributed by atoms with Gasteiger partial charge in [-0.1, -0.05) is 25.5 Å². The Labute approximate surface area is 118 Å². The minimum Gasteiger partial charge on any atom is -0.372 e. The fraction of sp³-hybridized carbons (Fsp3) is 0.647. The summed E-state index contributed by atoms with van der Waals surface area (Å²) >= 11 is 0. The van der Waals surface area contributed by atoms with E-state index in [4.69, 9.17) is 5.73 Å². The van der Waals surface area contributed by atoms with Crippen molar-refractivity contribution in [3.63, 3.8) is 0 Å². The first-order valence-electron chi connectivity index (χ1n) is 7.78. The molecule has 2 atom stereocenters. The monoisotopic (exact) mass is 260 g/mol. The molecule has 1 heterocycles. The van der Waals surface area contributed by atoms with Crippen LogP contribution in [-0.2, 0) is 6.42 Å². The quantitative estimate of drug-likeness (QED) is 0.896. The molecule has 1 aliphatic rings. The lowest BCUT2D eigenvalue weighted by Gasteiger charge is -2.23. The molecule has 1 aromatic carbocycles. The highest BCUT2D eigenvalue weighted by Gasteiger charge is 2.15. The van der Waals surface area contributed by atoms with Gasteiger partial charge in [-0.05, 0) is 56.2 Å². The fourth-order valence-electron chi connectivity index (χ4n) is 3.05. The average Bonchev–Trinajstić information content (AvgIpc) is 2.64. The number of nitrogens with zero attached hydrogens (tertiary/aromatic N) is 1. The third-order valence-electron chi connectivity index (χ3n) is 4.28. The second-order valence-corrected chi connectivity index (χ2v) is 6.04. The van der Waals surface area contributed by atoms with Gasteiger partial charge in [0.25, 0.3) is 0 Å². The second kappa shape index (κ2) is 6.95. The number of nitrogens with two attached hydrogens (primary N) is 1. The van der Waals surface area contributed by atoms with Crippen LogP contribution in [-0.4, -0.2) is 19.1 Å². The summed E-state index contributed by atoms with van der Waals surface area (Å²) in [6.45, 7) is 6.81. The zero-order valence-electron chi connectivity index (χ0n) is 12.4. The molecule has 0 saturated carbocycles. The highest BCUT2D eigenvalue weighted by Crippen LogP contribution is 2.24. The van der Waals surface area contributed by atoms with Gasteiger partial charge in [0.1, 0.15) is 0 Å². The molecule has 0 aromatic heterocycles. The summed E-state index contributed by atoms with van der Waals surface area (Å²) in [5.41, 5.74) is 8.57. The van der Waals surface area contributed by atoms with Crippen molar-refractivity contribution in [2.24, 2.45) is 11.7 Å². The van der Waals surface area contributed by atoms with Crippen molar-refractivity contribution < 1.29 is 0 Å². The SMILES string of the molecule is CCC1CCCN(c2ccc(CC(C)N)cc2)CC1. The lowest BCUT2D eigenvalue weighted by atomic mass is 9.98. The topological polar surface area (TPSA) is 29.3 Å². The molecule has 2 unspecified atom stereocenters. The van der Waals surface area contributed by atoms with E-state index in [1.807, 2.05) is 0 Å². The Morgan fingerprint density at radius 2 is 1.95 bits per heavy atom. The molecule has 0 radical (unpaired) electrons. The van der Waals surface area contributed by atoms with E-state index in [1.165, 1.54) is 50.0 Å². The van der Waals surface area contributed by atoms with Crippen molar-refractivity contribution in [3.8, 4) is 0 Å². The van der Waals surface area contributed by atoms with E-state index in [0.717, 1.165) is 12.3 Å². The van der Waals surface area contributed by atoms with Gasteiger partial charge in [-0.2, -0.15) is 0 Å². The van der Waals surface area contributed by atoms with Crippen molar-refractivity contribution in [1.82, 2.24) is 0 Å². The normalized spacial score (nSPS) is 22.1. The van der Waals surface area contributed by atoms with E-state index in [1.54, 1.807) is 0 Å². The second-order valence-electron chi connectivity index (χ2n) is 6.04. The Morgan fingerprint density at radius 3 is 2.58 bits per heavy atom. The lowest BCUT2D eigenvalue weighted by molar-refractivity contribution is 0.459. The number of rotatable bonds is 4. The highest BCUT2D eigenvalue weighted by atomic mass is 15.1. The maximum absolute atomic E-state index is 5.85. The molecule has 1 aromatic rings. The molecule has 19 heavy (non-hydrogen) atoms. The first kappa shape index (κ1) is 14.4. The predicted octanol–water partition coefficient (Wildman–Crippen LogP) is 3.59. The van der Waals surface area contributed by atoms with E-state index in [0.29, 0.717) is 0 Å². The molecule has 0 aliphatic carbocycles. The van der Waals surface area contributed by atoms with E-state index >= 15 is 0 Å². The number of hydrogen-bond acceptors (Lipinski definition) is 2. The van der Waals surface area contributed by atoms with Gasteiger partial charge in [0.2, 0.25) is 0 Å². The van der Waals surface area contributed by atoms with Crippen LogP contribution in [0, 0.1) is 5.92 Å². The minimum absolute atomic E-state index is 0.245. The minimum atomic E-state index is 0.245. The van der Waals surface area contributed by atoms with Crippen LogP contribution in [0.2, 0.25) is 0 Å². The van der Waals surface area contributed by atoms with Crippen LogP contribution in [0.5, 0.6) is 0 Å². The summed E-state index contributed by atoms with van der Waals surface area (Å²) in [5.74, 6) is 0.933. The number of anilines is 1. The number of benzene rings is 1. The van der Waals surface area contributed by atoms with Crippen molar-refractivity contribution in [1.29, 1.82) is 0 Å². The predicted molar refractivity (Wildman–Crippen MR) is 83.6 cm³/mol. The summed E-state index contributed by atoms with van der Waals surface area (Å²) in [7, 11) is 0. The molecule has 1 saturated heterocycles. The summed E-state index contributed by atoms with van der Waals surface area (Å²) in [6, 6.07) is 9.25. The van der Waals surface area contributed by atoms with E-state index in [-0.39, 0.29) is 6.04 Å². The molecule has 2 rings (SSSR count). The van der Waals surface area contributed by atoms with Gasteiger partial charge >= 0.3 is 0 Å². The molecular formula is C17H28N2. The molecular weight excluding hydrogens is 232 g/mol. The van der Waals surface area contributed by atoms with Gasteiger partial charge in [0, 0.05) is 24.8 Å². The molecule has 2 nitrogen and oxygen atoms in total. The Balaban J connectivity index is 1.97. The molecule has 0 spiro atoms. The van der Waals surface area contributed by atoms with Gasteiger partial charge in [-0.25, -0.2) is 0 Å². The Hall–Kier alpha value is -1.02. The number of hydrogen-bond donors (Lipinski definition) is 1. The summed E-state index contributed by atoms with van der Waals surface area (Å²) in [5, 5.41) is 0. The fourth-order valence-corrected chi connectivity index (χ4v) is 3.05. The largest absolute Gasteiger partial charge is 0.372 e. The molecule has 0 bridgehead atoms. The van der Waals surface area contributed by atoms with Crippen LogP contribution in [0.3, 0.4) is 0 Å². The Kier molecular flexibility index (Phi) is 5.26. The van der Waals surface area contributed by atoms with E-state index in [9.17, 15) is 0 Å². The molecule has 1 fully saturated rings. The van der Waals surface area contributed by atoms with Crippen molar-refractivity contribution in [2.75, 3.05) is 18.0 Å². The third-order valence-corrected chi connectivity index (χ3v) is 4.28. The molecule has 1 aliphatic heterocycles. The molecule has 106 valence electrons. The lowest BCUT2D eigenvalue weighted by Crippen LogP contribution is -2.24. The highest BCUT2D eigenvalue weighted by molar-refractivity contribution is 5.47. The van der Waals surface area contributed by atoms with E-state index in [2.05, 4.69) is 43.0 Å². The Bertz CT molecular complexity index is 369. The van der Waals surface area contributed by atoms with Gasteiger partial charge < -0.3 is 10.6 Å². The summed E-state index contributed by atoms with van der Waals surface area (Å²) < 4.78 is 0. The van der Waals surface area contributed by atoms with Crippen LogP contribution < -0.4 is 10.6 Å². The van der Waals surface area contributed by atoms with Gasteiger partial charge in [-0.3, -0.25) is 0 Å². The standard InChI is InChI=1S/C17H28N2/c1-3-15-5-4-11-19(12-10-15)17-8-6-16(7-9-17)13-14(2)18/h6-9,14-15H,3-5,10-13,18H2,1-2H3. The first-order chi connectivity index (χ1) is 9.19. The molecule has 0 amide bonds. The van der Waals surface area contributed by atoms with Crippen LogP contribution in [0.15, 0.2) is 24.3 Å². The Morgan fingerprint density at radius 1 is 1.21 bits per heavy atom. The maximum Gasteiger partial charge on any atom is 0.0366 e. The average molecular weight is 260 g/mol. The third kappa shape index (κ3) is 4.24. The summed E-state index contributed by atoms with van der Waals surface area (Å²) in [6.07, 6.45) is 6.38. The van der Waals surface area contributed by atoms with Crippen molar-refractivity contribution in [2.45, 2.75) is 52.0 Å². The van der Waals surface area contributed by atoms with E-state index < -0.39 is 0 Å². The smallest absolute Gasteiger partial charge is 0.0366 e. The van der Waals surface area contributed by atoms with Gasteiger partial charge in [0.05, 0.1) is 0 Å². The van der Waals surface area contributed by atoms with Crippen LogP contribution in [0.25, 0.3) is 0 Å². The van der Waals surface area contributed by atoms with Crippen molar-refractivity contribution in [3.05, 3.63) is 29.8 Å². The molecule has 2 heteroatoms.